The molecule has 0 aliphatic rings. The molecule has 0 fully saturated rings. The van der Waals surface area contributed by atoms with E-state index in [1.807, 2.05) is 0 Å². The number of hydrogen-bond donors (Lipinski definition) is 0. The SMILES string of the molecule is N#CC(C#N)C#N.[KH]. The second-order valence-corrected chi connectivity index (χ2v) is 0.820. The van der Waals surface area contributed by atoms with Crippen LogP contribution < -0.4 is 0 Å². The van der Waals surface area contributed by atoms with E-state index in [2.05, 4.69) is 0 Å². The molecule has 8 heavy (non-hydrogen) atoms. The second kappa shape index (κ2) is 7.11. The Morgan fingerprint density at radius 1 is 0.875 bits per heavy atom. The molecule has 0 rings (SSSR count). The molecule has 0 N–H and O–H groups in total. The van der Waals surface area contributed by atoms with Crippen molar-refractivity contribution in [3.8, 4) is 18.2 Å². The summed E-state index contributed by atoms with van der Waals surface area (Å²) in [5, 5.41) is 23.5. The van der Waals surface area contributed by atoms with E-state index < -0.39 is 5.92 Å². The molecule has 4 heteroatoms. The van der Waals surface area contributed by atoms with E-state index in [0.717, 1.165) is 0 Å². The average molecular weight is 131 g/mol. The van der Waals surface area contributed by atoms with Gasteiger partial charge in [-0.3, -0.25) is 0 Å². The predicted molar refractivity (Wildman–Crippen MR) is 27.5 cm³/mol. The van der Waals surface area contributed by atoms with Crippen molar-refractivity contribution in [2.75, 3.05) is 0 Å². The van der Waals surface area contributed by atoms with Gasteiger partial charge in [-0.1, -0.05) is 0 Å². The molecule has 0 aromatic carbocycles. The van der Waals surface area contributed by atoms with Crippen LogP contribution in [0, 0.1) is 39.9 Å². The van der Waals surface area contributed by atoms with Gasteiger partial charge < -0.3 is 0 Å². The Morgan fingerprint density at radius 3 is 1.12 bits per heavy atom. The molecule has 0 spiro atoms. The van der Waals surface area contributed by atoms with Crippen LogP contribution in [0.15, 0.2) is 0 Å². The third kappa shape index (κ3) is 4.27. The van der Waals surface area contributed by atoms with Gasteiger partial charge in [0.05, 0.1) is 18.2 Å². The molecule has 0 radical (unpaired) electrons. The quantitative estimate of drug-likeness (QED) is 0.417. The molecule has 0 aliphatic carbocycles. The minimum atomic E-state index is -1.10. The van der Waals surface area contributed by atoms with Gasteiger partial charge >= 0.3 is 51.4 Å². The Labute approximate surface area is 89.9 Å². The van der Waals surface area contributed by atoms with E-state index >= 15 is 0 Å². The van der Waals surface area contributed by atoms with Gasteiger partial charge in [-0.15, -0.1) is 0 Å². The first-order chi connectivity index (χ1) is 3.35. The second-order valence-electron chi connectivity index (χ2n) is 0.820. The Bertz CT molecular complexity index is 134. The van der Waals surface area contributed by atoms with Gasteiger partial charge in [-0.05, 0) is 0 Å². The van der Waals surface area contributed by atoms with Gasteiger partial charge in [-0.25, -0.2) is 0 Å². The van der Waals surface area contributed by atoms with Crippen LogP contribution in [0.5, 0.6) is 0 Å². The molecule has 0 atom stereocenters. The van der Waals surface area contributed by atoms with Crippen molar-refractivity contribution in [2.24, 2.45) is 5.92 Å². The first kappa shape index (κ1) is 11.0. The summed E-state index contributed by atoms with van der Waals surface area (Å²) in [6.45, 7) is 0. The van der Waals surface area contributed by atoms with Crippen LogP contribution in [0.1, 0.15) is 0 Å². The summed E-state index contributed by atoms with van der Waals surface area (Å²) in [7, 11) is 0. The maximum atomic E-state index is 7.83. The topological polar surface area (TPSA) is 71.4 Å². The average Bonchev–Trinajstić information content (AvgIpc) is 1.72. The zero-order valence-electron chi connectivity index (χ0n) is 3.42. The zero-order chi connectivity index (χ0) is 5.70. The summed E-state index contributed by atoms with van der Waals surface area (Å²) in [6.07, 6.45) is 0. The summed E-state index contributed by atoms with van der Waals surface area (Å²) in [5.41, 5.74) is 0. The Hall–Kier alpha value is 0.106. The summed E-state index contributed by atoms with van der Waals surface area (Å²) < 4.78 is 0. The molecule has 0 aromatic heterocycles. The van der Waals surface area contributed by atoms with Crippen molar-refractivity contribution in [2.45, 2.75) is 0 Å². The number of hydrogen-bond acceptors (Lipinski definition) is 3. The predicted octanol–water partition coefficient (Wildman–Crippen LogP) is -0.475. The Balaban J connectivity index is 0. The van der Waals surface area contributed by atoms with Crippen molar-refractivity contribution in [1.29, 1.82) is 15.8 Å². The Morgan fingerprint density at radius 2 is 1.12 bits per heavy atom. The fourth-order valence-corrected chi connectivity index (χ4v) is 0.0866. The normalized spacial score (nSPS) is 5.25. The van der Waals surface area contributed by atoms with Crippen LogP contribution in [0.3, 0.4) is 0 Å². The molecule has 0 aliphatic heterocycles. The van der Waals surface area contributed by atoms with Crippen molar-refractivity contribution < 1.29 is 0 Å². The first-order valence-electron chi connectivity index (χ1n) is 1.54. The third-order valence-corrected chi connectivity index (χ3v) is 0.387. The van der Waals surface area contributed by atoms with Gasteiger partial charge in [0.25, 0.3) is 0 Å². The first-order valence-corrected chi connectivity index (χ1v) is 1.54. The number of rotatable bonds is 0. The molecule has 0 amide bonds. The van der Waals surface area contributed by atoms with Crippen LogP contribution in [-0.4, -0.2) is 51.4 Å². The summed E-state index contributed by atoms with van der Waals surface area (Å²) in [6, 6.07) is 4.44. The van der Waals surface area contributed by atoms with E-state index in [1.165, 1.54) is 18.2 Å². The van der Waals surface area contributed by atoms with Crippen molar-refractivity contribution in [3.63, 3.8) is 0 Å². The zero-order valence-corrected chi connectivity index (χ0v) is 3.42. The van der Waals surface area contributed by atoms with Crippen LogP contribution in [0.2, 0.25) is 0 Å². The summed E-state index contributed by atoms with van der Waals surface area (Å²) in [4.78, 5) is 0. The fraction of sp³-hybridized carbons (Fsp3) is 0.250. The molecule has 0 unspecified atom stereocenters. The Kier molecular flexibility index (Phi) is 9.75. The molecular formula is C4H2KN3. The van der Waals surface area contributed by atoms with Crippen LogP contribution in [0.4, 0.5) is 0 Å². The van der Waals surface area contributed by atoms with E-state index in [9.17, 15) is 0 Å². The summed E-state index contributed by atoms with van der Waals surface area (Å²) >= 11 is 0. The molecule has 0 bridgehead atoms. The monoisotopic (exact) mass is 131 g/mol. The van der Waals surface area contributed by atoms with Gasteiger partial charge in [-0.2, -0.15) is 15.8 Å². The van der Waals surface area contributed by atoms with E-state index in [-0.39, 0.29) is 51.4 Å². The number of nitriles is 3. The maximum absolute atomic E-state index is 7.83. The van der Waals surface area contributed by atoms with E-state index in [0.29, 0.717) is 0 Å². The molecule has 0 saturated carbocycles. The fourth-order valence-electron chi connectivity index (χ4n) is 0.0866. The molecular weight excluding hydrogens is 129 g/mol. The van der Waals surface area contributed by atoms with Gasteiger partial charge in [0.1, 0.15) is 0 Å². The van der Waals surface area contributed by atoms with Crippen molar-refractivity contribution in [1.82, 2.24) is 0 Å². The molecule has 34 valence electrons. The van der Waals surface area contributed by atoms with Gasteiger partial charge in [0, 0.05) is 0 Å². The van der Waals surface area contributed by atoms with E-state index in [1.54, 1.807) is 0 Å². The van der Waals surface area contributed by atoms with Gasteiger partial charge in [0.2, 0.25) is 5.92 Å². The molecule has 3 nitrogen and oxygen atoms in total. The van der Waals surface area contributed by atoms with Crippen LogP contribution >= 0.6 is 0 Å². The summed E-state index contributed by atoms with van der Waals surface area (Å²) in [5.74, 6) is -1.10. The van der Waals surface area contributed by atoms with E-state index in [4.69, 9.17) is 15.8 Å². The molecule has 0 aromatic rings. The van der Waals surface area contributed by atoms with Crippen LogP contribution in [0.25, 0.3) is 0 Å². The van der Waals surface area contributed by atoms with Crippen LogP contribution in [-0.2, 0) is 0 Å². The molecule has 0 heterocycles. The molecule has 0 saturated heterocycles. The minimum absolute atomic E-state index is 0. The standard InChI is InChI=1S/C4HN3.K.H/c5-1-4(2-6)3-7;;/h4H;;. The van der Waals surface area contributed by atoms with Gasteiger partial charge in [0.15, 0.2) is 0 Å². The van der Waals surface area contributed by atoms with Crippen molar-refractivity contribution in [3.05, 3.63) is 0 Å². The third-order valence-electron chi connectivity index (χ3n) is 0.387. The number of nitrogens with zero attached hydrogens (tertiary/aromatic N) is 3. The van der Waals surface area contributed by atoms with Crippen molar-refractivity contribution >= 4 is 51.4 Å².